The predicted octanol–water partition coefficient (Wildman–Crippen LogP) is 17.5. The molecule has 5 nitrogen and oxygen atoms in total. The molecule has 7 aromatic carbocycles. The van der Waals surface area contributed by atoms with Crippen LogP contribution in [0.2, 0.25) is 0 Å². The molecule has 10 rings (SSSR count). The smallest absolute Gasteiger partial charge is 0.135 e. The zero-order valence-corrected chi connectivity index (χ0v) is 46.5. The standard InChI is InChI=1S/C66H67N4O.Pt/c1-62(2,3)46-31-32-57-58(38-46)68(50-28-22-27-48(35-50)65(10,11)44-23-16-14-17-24-44)43-69(57)51-36-49(66(12,13)45-25-18-15-19-26-45)37-52(40-51)71-53-41-55(64(7,8)9)61-54-29-20-21-30-56(54)70(59(61)42-53)60-39-47(33-34-67-60)63(4,5)6;/h14-39,41,43H,1-13H3;/q-3;. The third-order valence-electron chi connectivity index (χ3n) is 14.8. The first-order valence-corrected chi connectivity index (χ1v) is 25.1. The molecule has 0 unspecified atom stereocenters. The van der Waals surface area contributed by atoms with E-state index in [4.69, 9.17) is 9.72 Å². The number of benzene rings is 7. The van der Waals surface area contributed by atoms with Crippen molar-refractivity contribution in [2.24, 2.45) is 0 Å². The molecule has 0 fully saturated rings. The quantitative estimate of drug-likeness (QED) is 0.135. The van der Waals surface area contributed by atoms with Crippen LogP contribution in [0.3, 0.4) is 0 Å². The van der Waals surface area contributed by atoms with Gasteiger partial charge in [0.15, 0.2) is 0 Å². The largest absolute Gasteiger partial charge is 0.509 e. The number of hydrogen-bond acceptors (Lipinski definition) is 4. The summed E-state index contributed by atoms with van der Waals surface area (Å²) < 4.78 is 9.48. The van der Waals surface area contributed by atoms with Gasteiger partial charge in [0.25, 0.3) is 0 Å². The van der Waals surface area contributed by atoms with E-state index in [1.807, 2.05) is 6.20 Å². The van der Waals surface area contributed by atoms with Crippen molar-refractivity contribution in [1.82, 2.24) is 9.55 Å². The molecule has 0 N–H and O–H groups in total. The second-order valence-corrected chi connectivity index (χ2v) is 23.6. The van der Waals surface area contributed by atoms with Crippen LogP contribution in [-0.2, 0) is 48.1 Å². The number of nitrogens with zero attached hydrogens (tertiary/aromatic N) is 4. The molecule has 0 bridgehead atoms. The van der Waals surface area contributed by atoms with Gasteiger partial charge in [-0.2, -0.15) is 0 Å². The van der Waals surface area contributed by atoms with Gasteiger partial charge in [-0.15, -0.1) is 53.8 Å². The summed E-state index contributed by atoms with van der Waals surface area (Å²) in [4.78, 5) is 9.63. The summed E-state index contributed by atoms with van der Waals surface area (Å²) >= 11 is 0. The van der Waals surface area contributed by atoms with Gasteiger partial charge in [0, 0.05) is 66.8 Å². The maximum absolute atomic E-state index is 7.22. The van der Waals surface area contributed by atoms with E-state index in [-0.39, 0.29) is 48.1 Å². The molecule has 9 aromatic rings. The van der Waals surface area contributed by atoms with Crippen LogP contribution in [0.5, 0.6) is 11.5 Å². The fourth-order valence-electron chi connectivity index (χ4n) is 10.2. The molecule has 0 saturated heterocycles. The molecule has 0 amide bonds. The van der Waals surface area contributed by atoms with Gasteiger partial charge in [-0.3, -0.25) is 0 Å². The Hall–Kier alpha value is -6.42. The van der Waals surface area contributed by atoms with Gasteiger partial charge in [0.05, 0.1) is 0 Å². The Bertz CT molecular complexity index is 3440. The van der Waals surface area contributed by atoms with Crippen molar-refractivity contribution in [3.63, 3.8) is 0 Å². The summed E-state index contributed by atoms with van der Waals surface area (Å²) in [7, 11) is 0. The van der Waals surface area contributed by atoms with Gasteiger partial charge in [0.2, 0.25) is 0 Å². The topological polar surface area (TPSA) is 33.5 Å². The summed E-state index contributed by atoms with van der Waals surface area (Å²) in [5.74, 6) is 2.09. The van der Waals surface area contributed by atoms with Crippen molar-refractivity contribution in [3.05, 3.63) is 222 Å². The molecule has 2 aromatic heterocycles. The summed E-state index contributed by atoms with van der Waals surface area (Å²) in [5.41, 5.74) is 13.7. The summed E-state index contributed by atoms with van der Waals surface area (Å²) in [6, 6.07) is 64.7. The van der Waals surface area contributed by atoms with Crippen molar-refractivity contribution >= 4 is 44.6 Å². The fourth-order valence-corrected chi connectivity index (χ4v) is 10.2. The molecule has 3 heterocycles. The second kappa shape index (κ2) is 18.6. The molecular weight excluding hydrogens is 1060 g/mol. The van der Waals surface area contributed by atoms with E-state index >= 15 is 0 Å². The third kappa shape index (κ3) is 9.30. The normalized spacial score (nSPS) is 13.4. The minimum atomic E-state index is -0.390. The number of para-hydroxylation sites is 1. The van der Waals surface area contributed by atoms with Crippen molar-refractivity contribution in [2.45, 2.75) is 117 Å². The van der Waals surface area contributed by atoms with E-state index in [0.29, 0.717) is 11.5 Å². The Balaban J connectivity index is 0.00000640. The van der Waals surface area contributed by atoms with Crippen molar-refractivity contribution in [3.8, 4) is 17.3 Å². The Morgan fingerprint density at radius 2 is 1.07 bits per heavy atom. The second-order valence-electron chi connectivity index (χ2n) is 23.6. The molecule has 1 aliphatic rings. The van der Waals surface area contributed by atoms with Crippen molar-refractivity contribution < 1.29 is 25.8 Å². The van der Waals surface area contributed by atoms with E-state index in [1.165, 1.54) is 33.4 Å². The van der Waals surface area contributed by atoms with E-state index in [0.717, 1.165) is 55.9 Å². The van der Waals surface area contributed by atoms with Gasteiger partial charge in [0.1, 0.15) is 5.82 Å². The molecule has 370 valence electrons. The number of pyridine rings is 1. The van der Waals surface area contributed by atoms with Crippen molar-refractivity contribution in [1.29, 1.82) is 0 Å². The Kier molecular flexibility index (Phi) is 13.0. The first-order valence-electron chi connectivity index (χ1n) is 25.1. The zero-order valence-electron chi connectivity index (χ0n) is 44.2. The average Bonchev–Trinajstić information content (AvgIpc) is 3.89. The van der Waals surface area contributed by atoms with Gasteiger partial charge in [-0.1, -0.05) is 198 Å². The zero-order chi connectivity index (χ0) is 50.3. The van der Waals surface area contributed by atoms with E-state index in [9.17, 15) is 0 Å². The first-order chi connectivity index (χ1) is 33.6. The molecule has 6 heteroatoms. The number of anilines is 4. The molecule has 1 aliphatic heterocycles. The molecule has 0 saturated carbocycles. The van der Waals surface area contributed by atoms with Crippen LogP contribution in [0.1, 0.15) is 129 Å². The summed E-state index contributed by atoms with van der Waals surface area (Å²) in [6.45, 7) is 31.8. The molecule has 0 radical (unpaired) electrons. The number of ether oxygens (including phenoxy) is 1. The van der Waals surface area contributed by atoms with Crippen LogP contribution >= 0.6 is 0 Å². The maximum atomic E-state index is 7.22. The van der Waals surface area contributed by atoms with Crippen LogP contribution in [0.4, 0.5) is 22.7 Å². The average molecular weight is 1130 g/mol. The molecule has 0 atom stereocenters. The number of aromatic nitrogens is 2. The Labute approximate surface area is 443 Å². The van der Waals surface area contributed by atoms with Crippen LogP contribution in [0.15, 0.2) is 164 Å². The van der Waals surface area contributed by atoms with E-state index in [1.54, 1.807) is 0 Å². The number of hydrogen-bond donors (Lipinski definition) is 0. The van der Waals surface area contributed by atoms with Crippen LogP contribution in [0, 0.1) is 18.8 Å². The van der Waals surface area contributed by atoms with Crippen LogP contribution in [0.25, 0.3) is 27.6 Å². The van der Waals surface area contributed by atoms with E-state index in [2.05, 4.69) is 281 Å². The first kappa shape index (κ1) is 50.5. The third-order valence-corrected chi connectivity index (χ3v) is 14.8. The maximum Gasteiger partial charge on any atom is 0.135 e. The number of fused-ring (bicyclic) bond motifs is 4. The minimum absolute atomic E-state index is 0. The van der Waals surface area contributed by atoms with Gasteiger partial charge in [-0.25, -0.2) is 4.98 Å². The monoisotopic (exact) mass is 1130 g/mol. The Morgan fingerprint density at radius 1 is 0.472 bits per heavy atom. The summed E-state index contributed by atoms with van der Waals surface area (Å²) in [5, 5.41) is 2.32. The van der Waals surface area contributed by atoms with Gasteiger partial charge >= 0.3 is 0 Å². The van der Waals surface area contributed by atoms with E-state index < -0.39 is 0 Å². The molecule has 0 aliphatic carbocycles. The van der Waals surface area contributed by atoms with Crippen molar-refractivity contribution in [2.75, 3.05) is 9.80 Å². The predicted molar refractivity (Wildman–Crippen MR) is 297 cm³/mol. The van der Waals surface area contributed by atoms with Crippen LogP contribution in [-0.4, -0.2) is 9.55 Å². The molecule has 0 spiro atoms. The Morgan fingerprint density at radius 3 is 1.72 bits per heavy atom. The minimum Gasteiger partial charge on any atom is -0.509 e. The van der Waals surface area contributed by atoms with Gasteiger partial charge < -0.3 is 19.1 Å². The SMILES string of the molecule is CC(C)(C)c1ccnc(-n2c3[c-]c(Oc4[c-]c(N5[CH-]N(c6cccc(C(C)(C)c7ccccc7)c6)c6cc(C(C)(C)C)ccc65)cc(C(C)(C)c5ccccc5)c4)cc(C(C)(C)C)c3c3ccccc32)c1.[Pt]. The number of rotatable bonds is 9. The molecule has 72 heavy (non-hydrogen) atoms. The van der Waals surface area contributed by atoms with Crippen LogP contribution < -0.4 is 14.5 Å². The fraction of sp³-hybridized carbons (Fsp3) is 0.273. The summed E-state index contributed by atoms with van der Waals surface area (Å²) in [6.07, 6.45) is 1.93. The molecular formula is C66H67N4OPt-3. The van der Waals surface area contributed by atoms with Gasteiger partial charge in [-0.05, 0) is 97.3 Å².